The van der Waals surface area contributed by atoms with Gasteiger partial charge < -0.3 is 9.30 Å². The summed E-state index contributed by atoms with van der Waals surface area (Å²) >= 11 is 5.15. The molecule has 6 nitrogen and oxygen atoms in total. The van der Waals surface area contributed by atoms with Crippen molar-refractivity contribution in [1.29, 1.82) is 0 Å². The summed E-state index contributed by atoms with van der Waals surface area (Å²) < 4.78 is 10.8. The average Bonchev–Trinajstić information content (AvgIpc) is 3.24. The van der Waals surface area contributed by atoms with Crippen LogP contribution in [0.5, 0.6) is 5.88 Å². The van der Waals surface area contributed by atoms with Crippen molar-refractivity contribution in [2.75, 3.05) is 6.61 Å². The highest BCUT2D eigenvalue weighted by Crippen LogP contribution is 2.31. The van der Waals surface area contributed by atoms with Crippen LogP contribution in [0.2, 0.25) is 0 Å². The quantitative estimate of drug-likeness (QED) is 0.482. The van der Waals surface area contributed by atoms with E-state index >= 15 is 0 Å². The van der Waals surface area contributed by atoms with Crippen LogP contribution in [-0.4, -0.2) is 31.2 Å². The normalized spacial score (nSPS) is 11.1. The minimum Gasteiger partial charge on any atom is -0.476 e. The van der Waals surface area contributed by atoms with Crippen LogP contribution in [-0.2, 0) is 18.8 Å². The molecule has 3 aromatic rings. The Morgan fingerprint density at radius 2 is 1.85 bits per heavy atom. The molecule has 0 aliphatic carbocycles. The smallest absolute Gasteiger partial charge is 0.243 e. The van der Waals surface area contributed by atoms with Crippen molar-refractivity contribution in [2.45, 2.75) is 44.8 Å². The predicted octanol–water partition coefficient (Wildman–Crippen LogP) is 4.63. The van der Waals surface area contributed by atoms with Crippen molar-refractivity contribution >= 4 is 27.7 Å². The van der Waals surface area contributed by atoms with E-state index in [0.717, 1.165) is 39.9 Å². The second-order valence-corrected chi connectivity index (χ2v) is 7.46. The summed E-state index contributed by atoms with van der Waals surface area (Å²) in [5.74, 6) is 2.26. The first-order valence-corrected chi connectivity index (χ1v) is 10.4. The molecule has 0 aliphatic rings. The van der Waals surface area contributed by atoms with Gasteiger partial charge in [-0.3, -0.25) is 4.68 Å². The number of hydrogen-bond acceptors (Lipinski definition) is 5. The minimum atomic E-state index is 0.569. The second-order valence-electron chi connectivity index (χ2n) is 5.60. The van der Waals surface area contributed by atoms with Crippen LogP contribution in [0.15, 0.2) is 40.1 Å². The van der Waals surface area contributed by atoms with Crippen molar-refractivity contribution < 1.29 is 4.74 Å². The van der Waals surface area contributed by atoms with Gasteiger partial charge in [0.2, 0.25) is 5.88 Å². The Morgan fingerprint density at radius 1 is 1.08 bits per heavy atom. The van der Waals surface area contributed by atoms with E-state index in [1.807, 2.05) is 17.8 Å². The molecular weight excluding hydrogens is 414 g/mol. The monoisotopic (exact) mass is 435 g/mol. The standard InChI is InChI=1S/C18H22BrN5OS/c1-4-23-11-15(17(22-23)25-6-3)16-20-21-18(24(16)5-2)26-12-13-7-9-14(19)10-8-13/h7-11H,4-6,12H2,1-3H3. The van der Waals surface area contributed by atoms with Crippen LogP contribution < -0.4 is 4.74 Å². The lowest BCUT2D eigenvalue weighted by Gasteiger charge is -2.07. The fourth-order valence-corrected chi connectivity index (χ4v) is 3.79. The number of halogens is 1. The molecule has 0 atom stereocenters. The molecule has 0 spiro atoms. The van der Waals surface area contributed by atoms with Gasteiger partial charge in [0.1, 0.15) is 5.56 Å². The number of aromatic nitrogens is 5. The number of ether oxygens (including phenoxy) is 1. The molecule has 138 valence electrons. The van der Waals surface area contributed by atoms with E-state index < -0.39 is 0 Å². The average molecular weight is 436 g/mol. The summed E-state index contributed by atoms with van der Waals surface area (Å²) in [6.07, 6.45) is 1.98. The molecule has 0 radical (unpaired) electrons. The second kappa shape index (κ2) is 8.73. The molecule has 0 N–H and O–H groups in total. The van der Waals surface area contributed by atoms with Crippen LogP contribution in [0.25, 0.3) is 11.4 Å². The molecule has 0 fully saturated rings. The van der Waals surface area contributed by atoms with Crippen LogP contribution in [0.3, 0.4) is 0 Å². The highest BCUT2D eigenvalue weighted by molar-refractivity contribution is 9.10. The highest BCUT2D eigenvalue weighted by atomic mass is 79.9. The molecular formula is C18H22BrN5OS. The first-order chi connectivity index (χ1) is 12.7. The maximum absolute atomic E-state index is 5.70. The van der Waals surface area contributed by atoms with E-state index in [4.69, 9.17) is 4.74 Å². The molecule has 0 unspecified atom stereocenters. The van der Waals surface area contributed by atoms with Gasteiger partial charge >= 0.3 is 0 Å². The summed E-state index contributed by atoms with van der Waals surface area (Å²) in [7, 11) is 0. The third-order valence-corrected chi connectivity index (χ3v) is 5.45. The van der Waals surface area contributed by atoms with Gasteiger partial charge in [0.25, 0.3) is 0 Å². The predicted molar refractivity (Wildman–Crippen MR) is 107 cm³/mol. The van der Waals surface area contributed by atoms with E-state index in [9.17, 15) is 0 Å². The lowest BCUT2D eigenvalue weighted by atomic mass is 10.2. The largest absolute Gasteiger partial charge is 0.476 e. The lowest BCUT2D eigenvalue weighted by molar-refractivity contribution is 0.322. The van der Waals surface area contributed by atoms with Crippen molar-refractivity contribution in [3.8, 4) is 17.3 Å². The first-order valence-electron chi connectivity index (χ1n) is 8.67. The van der Waals surface area contributed by atoms with Gasteiger partial charge in [-0.2, -0.15) is 0 Å². The van der Waals surface area contributed by atoms with E-state index in [1.165, 1.54) is 5.56 Å². The molecule has 8 heteroatoms. The zero-order valence-corrected chi connectivity index (χ0v) is 17.5. The fourth-order valence-electron chi connectivity index (χ4n) is 2.57. The first kappa shape index (κ1) is 19.0. The Labute approximate surface area is 166 Å². The SMILES string of the molecule is CCOc1nn(CC)cc1-c1nnc(SCc2ccc(Br)cc2)n1CC. The molecule has 2 heterocycles. The third kappa shape index (κ3) is 4.12. The van der Waals surface area contributed by atoms with E-state index in [2.05, 4.69) is 73.9 Å². The molecule has 1 aromatic carbocycles. The van der Waals surface area contributed by atoms with Crippen molar-refractivity contribution in [3.05, 3.63) is 40.5 Å². The van der Waals surface area contributed by atoms with E-state index in [-0.39, 0.29) is 0 Å². The number of nitrogens with zero attached hydrogens (tertiary/aromatic N) is 5. The van der Waals surface area contributed by atoms with Crippen LogP contribution in [0.4, 0.5) is 0 Å². The molecule has 0 saturated carbocycles. The van der Waals surface area contributed by atoms with Crippen LogP contribution >= 0.6 is 27.7 Å². The van der Waals surface area contributed by atoms with Gasteiger partial charge in [0, 0.05) is 29.5 Å². The molecule has 0 bridgehead atoms. The Morgan fingerprint density at radius 3 is 2.50 bits per heavy atom. The number of rotatable bonds is 8. The molecule has 0 saturated heterocycles. The van der Waals surface area contributed by atoms with Crippen molar-refractivity contribution in [3.63, 3.8) is 0 Å². The lowest BCUT2D eigenvalue weighted by Crippen LogP contribution is -2.01. The van der Waals surface area contributed by atoms with Gasteiger partial charge in [-0.25, -0.2) is 0 Å². The van der Waals surface area contributed by atoms with Crippen LogP contribution in [0, 0.1) is 0 Å². The molecule has 3 rings (SSSR count). The van der Waals surface area contributed by atoms with E-state index in [1.54, 1.807) is 11.8 Å². The van der Waals surface area contributed by atoms with E-state index in [0.29, 0.717) is 12.5 Å². The van der Waals surface area contributed by atoms with Gasteiger partial charge in [-0.1, -0.05) is 39.8 Å². The molecule has 0 aliphatic heterocycles. The zero-order valence-electron chi connectivity index (χ0n) is 15.1. The number of thioether (sulfide) groups is 1. The summed E-state index contributed by atoms with van der Waals surface area (Å²) in [4.78, 5) is 0. The molecule has 26 heavy (non-hydrogen) atoms. The maximum Gasteiger partial charge on any atom is 0.243 e. The summed E-state index contributed by atoms with van der Waals surface area (Å²) in [6.45, 7) is 8.25. The van der Waals surface area contributed by atoms with Crippen LogP contribution in [0.1, 0.15) is 26.3 Å². The summed E-state index contributed by atoms with van der Waals surface area (Å²) in [5, 5.41) is 14.2. The summed E-state index contributed by atoms with van der Waals surface area (Å²) in [5.41, 5.74) is 2.14. The molecule has 0 amide bonds. The highest BCUT2D eigenvalue weighted by Gasteiger charge is 2.20. The van der Waals surface area contributed by atoms with Gasteiger partial charge in [-0.15, -0.1) is 15.3 Å². The van der Waals surface area contributed by atoms with Gasteiger partial charge in [-0.05, 0) is 38.5 Å². The Hall–Kier alpha value is -1.80. The number of benzene rings is 1. The number of hydrogen-bond donors (Lipinski definition) is 0. The zero-order chi connectivity index (χ0) is 18.5. The topological polar surface area (TPSA) is 57.8 Å². The van der Waals surface area contributed by atoms with Gasteiger partial charge in [0.05, 0.1) is 6.61 Å². The third-order valence-electron chi connectivity index (χ3n) is 3.89. The van der Waals surface area contributed by atoms with Gasteiger partial charge in [0.15, 0.2) is 11.0 Å². The fraction of sp³-hybridized carbons (Fsp3) is 0.389. The van der Waals surface area contributed by atoms with Crippen molar-refractivity contribution in [1.82, 2.24) is 24.5 Å². The summed E-state index contributed by atoms with van der Waals surface area (Å²) in [6, 6.07) is 8.34. The number of aryl methyl sites for hydroxylation is 1. The van der Waals surface area contributed by atoms with Crippen molar-refractivity contribution in [2.24, 2.45) is 0 Å². The Kier molecular flexibility index (Phi) is 6.37. The Bertz CT molecular complexity index is 859. The minimum absolute atomic E-state index is 0.569. The Balaban J connectivity index is 1.86. The molecule has 2 aromatic heterocycles. The maximum atomic E-state index is 5.70.